The van der Waals surface area contributed by atoms with Crippen LogP contribution < -0.4 is 0 Å². The van der Waals surface area contributed by atoms with Crippen molar-refractivity contribution >= 4 is 15.9 Å². The van der Waals surface area contributed by atoms with E-state index in [2.05, 4.69) is 25.5 Å². The highest BCUT2D eigenvalue weighted by Gasteiger charge is 2.27. The van der Waals surface area contributed by atoms with E-state index < -0.39 is 0 Å². The molecule has 0 amide bonds. The van der Waals surface area contributed by atoms with Crippen LogP contribution in [-0.2, 0) is 7.05 Å². The van der Waals surface area contributed by atoms with Crippen molar-refractivity contribution < 1.29 is 0 Å². The SMILES string of the molecule is Cn1c(Br)cnc1C1CC1. The first-order valence-corrected chi connectivity index (χ1v) is 4.25. The van der Waals surface area contributed by atoms with Crippen molar-refractivity contribution in [2.45, 2.75) is 18.8 Å². The summed E-state index contributed by atoms with van der Waals surface area (Å²) in [5.41, 5.74) is 0. The second-order valence-corrected chi connectivity index (χ2v) is 3.58. The van der Waals surface area contributed by atoms with Gasteiger partial charge in [-0.2, -0.15) is 0 Å². The molecule has 0 spiro atoms. The van der Waals surface area contributed by atoms with E-state index in [1.807, 2.05) is 13.2 Å². The molecule has 1 aliphatic carbocycles. The Morgan fingerprint density at radius 3 is 2.80 bits per heavy atom. The van der Waals surface area contributed by atoms with Crippen molar-refractivity contribution in [2.24, 2.45) is 7.05 Å². The maximum Gasteiger partial charge on any atom is 0.112 e. The first-order valence-electron chi connectivity index (χ1n) is 3.46. The first kappa shape index (κ1) is 6.40. The molecule has 0 aliphatic heterocycles. The van der Waals surface area contributed by atoms with E-state index in [-0.39, 0.29) is 0 Å². The van der Waals surface area contributed by atoms with E-state index in [1.165, 1.54) is 18.7 Å². The van der Waals surface area contributed by atoms with E-state index in [9.17, 15) is 0 Å². The molecule has 0 bridgehead atoms. The lowest BCUT2D eigenvalue weighted by atomic mass is 10.4. The molecule has 0 aromatic carbocycles. The molecular weight excluding hydrogens is 192 g/mol. The number of imidazole rings is 1. The monoisotopic (exact) mass is 200 g/mol. The van der Waals surface area contributed by atoms with Crippen molar-refractivity contribution in [1.82, 2.24) is 9.55 Å². The molecule has 2 nitrogen and oxygen atoms in total. The molecule has 3 heteroatoms. The molecule has 2 rings (SSSR count). The zero-order chi connectivity index (χ0) is 7.14. The minimum absolute atomic E-state index is 0.747. The molecule has 1 saturated carbocycles. The number of hydrogen-bond acceptors (Lipinski definition) is 1. The fourth-order valence-corrected chi connectivity index (χ4v) is 1.41. The van der Waals surface area contributed by atoms with Gasteiger partial charge in [0.2, 0.25) is 0 Å². The van der Waals surface area contributed by atoms with E-state index in [0.717, 1.165) is 10.5 Å². The summed E-state index contributed by atoms with van der Waals surface area (Å²) in [5.74, 6) is 1.98. The highest BCUT2D eigenvalue weighted by Crippen LogP contribution is 2.39. The van der Waals surface area contributed by atoms with Crippen LogP contribution in [0.15, 0.2) is 10.8 Å². The van der Waals surface area contributed by atoms with Crippen LogP contribution in [0.1, 0.15) is 24.6 Å². The van der Waals surface area contributed by atoms with Crippen molar-refractivity contribution in [3.05, 3.63) is 16.6 Å². The standard InChI is InChI=1S/C7H9BrN2/c1-10-6(8)4-9-7(10)5-2-3-5/h4-5H,2-3H2,1H3. The van der Waals surface area contributed by atoms with E-state index in [0.29, 0.717) is 0 Å². The summed E-state index contributed by atoms with van der Waals surface area (Å²) >= 11 is 3.41. The lowest BCUT2D eigenvalue weighted by Crippen LogP contribution is -1.94. The Morgan fingerprint density at radius 2 is 2.40 bits per heavy atom. The number of halogens is 1. The molecule has 1 fully saturated rings. The van der Waals surface area contributed by atoms with Gasteiger partial charge in [-0.3, -0.25) is 0 Å². The van der Waals surface area contributed by atoms with Gasteiger partial charge in [0.25, 0.3) is 0 Å². The van der Waals surface area contributed by atoms with Gasteiger partial charge in [-0.25, -0.2) is 4.98 Å². The number of aromatic nitrogens is 2. The lowest BCUT2D eigenvalue weighted by molar-refractivity contribution is 0.786. The van der Waals surface area contributed by atoms with Crippen LogP contribution in [0, 0.1) is 0 Å². The Labute approximate surface area is 68.4 Å². The van der Waals surface area contributed by atoms with Crippen LogP contribution in [0.25, 0.3) is 0 Å². The van der Waals surface area contributed by atoms with Crippen molar-refractivity contribution in [3.8, 4) is 0 Å². The second-order valence-electron chi connectivity index (χ2n) is 2.77. The highest BCUT2D eigenvalue weighted by molar-refractivity contribution is 9.10. The Kier molecular flexibility index (Phi) is 1.34. The minimum Gasteiger partial charge on any atom is -0.326 e. The van der Waals surface area contributed by atoms with Crippen LogP contribution in [-0.4, -0.2) is 9.55 Å². The predicted molar refractivity (Wildman–Crippen MR) is 42.9 cm³/mol. The van der Waals surface area contributed by atoms with Crippen LogP contribution in [0.3, 0.4) is 0 Å². The lowest BCUT2D eigenvalue weighted by Gasteiger charge is -1.97. The maximum atomic E-state index is 4.29. The Balaban J connectivity index is 2.40. The van der Waals surface area contributed by atoms with Gasteiger partial charge in [0.1, 0.15) is 10.4 Å². The number of rotatable bonds is 1. The zero-order valence-electron chi connectivity index (χ0n) is 5.84. The molecule has 1 heterocycles. The minimum atomic E-state index is 0.747. The average Bonchev–Trinajstić information content (AvgIpc) is 2.67. The fraction of sp³-hybridized carbons (Fsp3) is 0.571. The summed E-state index contributed by atoms with van der Waals surface area (Å²) in [6.45, 7) is 0. The van der Waals surface area contributed by atoms with E-state index in [4.69, 9.17) is 0 Å². The molecule has 0 atom stereocenters. The Bertz CT molecular complexity index is 250. The van der Waals surface area contributed by atoms with Gasteiger partial charge in [0.15, 0.2) is 0 Å². The highest BCUT2D eigenvalue weighted by atomic mass is 79.9. The van der Waals surface area contributed by atoms with Gasteiger partial charge in [-0.1, -0.05) is 0 Å². The second kappa shape index (κ2) is 2.09. The van der Waals surface area contributed by atoms with Crippen LogP contribution in [0.5, 0.6) is 0 Å². The van der Waals surface area contributed by atoms with Crippen molar-refractivity contribution in [2.75, 3.05) is 0 Å². The molecule has 0 radical (unpaired) electrons. The molecule has 1 aliphatic rings. The third-order valence-corrected chi connectivity index (χ3v) is 2.65. The van der Waals surface area contributed by atoms with Crippen molar-refractivity contribution in [1.29, 1.82) is 0 Å². The topological polar surface area (TPSA) is 17.8 Å². The summed E-state index contributed by atoms with van der Waals surface area (Å²) in [5, 5.41) is 0. The summed E-state index contributed by atoms with van der Waals surface area (Å²) in [6.07, 6.45) is 4.50. The molecule has 10 heavy (non-hydrogen) atoms. The van der Waals surface area contributed by atoms with Gasteiger partial charge in [-0.05, 0) is 28.8 Å². The summed E-state index contributed by atoms with van der Waals surface area (Å²) in [6, 6.07) is 0. The first-order chi connectivity index (χ1) is 4.79. The number of nitrogens with zero attached hydrogens (tertiary/aromatic N) is 2. The molecule has 0 saturated heterocycles. The van der Waals surface area contributed by atoms with Gasteiger partial charge in [0.05, 0.1) is 6.20 Å². The predicted octanol–water partition coefficient (Wildman–Crippen LogP) is 2.06. The smallest absolute Gasteiger partial charge is 0.112 e. The third-order valence-electron chi connectivity index (χ3n) is 1.91. The Hall–Kier alpha value is -0.310. The van der Waals surface area contributed by atoms with Crippen LogP contribution in [0.2, 0.25) is 0 Å². The molecule has 0 N–H and O–H groups in total. The van der Waals surface area contributed by atoms with E-state index >= 15 is 0 Å². The quantitative estimate of drug-likeness (QED) is 0.679. The normalized spacial score (nSPS) is 17.8. The van der Waals surface area contributed by atoms with E-state index in [1.54, 1.807) is 0 Å². The molecule has 54 valence electrons. The average molecular weight is 201 g/mol. The van der Waals surface area contributed by atoms with Gasteiger partial charge in [-0.15, -0.1) is 0 Å². The molecular formula is C7H9BrN2. The van der Waals surface area contributed by atoms with Gasteiger partial charge < -0.3 is 4.57 Å². The summed E-state index contributed by atoms with van der Waals surface area (Å²) in [7, 11) is 2.05. The van der Waals surface area contributed by atoms with Gasteiger partial charge in [0, 0.05) is 13.0 Å². The summed E-state index contributed by atoms with van der Waals surface area (Å²) < 4.78 is 3.19. The third kappa shape index (κ3) is 0.888. The molecule has 0 unspecified atom stereocenters. The number of hydrogen-bond donors (Lipinski definition) is 0. The van der Waals surface area contributed by atoms with Crippen molar-refractivity contribution in [3.63, 3.8) is 0 Å². The largest absolute Gasteiger partial charge is 0.326 e. The van der Waals surface area contributed by atoms with Gasteiger partial charge >= 0.3 is 0 Å². The maximum absolute atomic E-state index is 4.29. The molecule has 1 aromatic rings. The van der Waals surface area contributed by atoms with Crippen LogP contribution >= 0.6 is 15.9 Å². The fourth-order valence-electron chi connectivity index (χ4n) is 1.12. The molecule has 1 aromatic heterocycles. The zero-order valence-corrected chi connectivity index (χ0v) is 7.43. The van der Waals surface area contributed by atoms with Crippen LogP contribution in [0.4, 0.5) is 0 Å². The Morgan fingerprint density at radius 1 is 1.70 bits per heavy atom. The summed E-state index contributed by atoms with van der Waals surface area (Å²) in [4.78, 5) is 4.29.